The van der Waals surface area contributed by atoms with Gasteiger partial charge in [-0.05, 0) is 28.7 Å². The molecule has 0 bridgehead atoms. The zero-order chi connectivity index (χ0) is 24.9. The highest BCUT2D eigenvalue weighted by Gasteiger charge is 2.43. The minimum atomic E-state index is -4.94. The predicted octanol–water partition coefficient (Wildman–Crippen LogP) is 4.22. The van der Waals surface area contributed by atoms with E-state index in [4.69, 9.17) is 9.84 Å². The molecule has 0 heterocycles. The number of hydrogen-bond acceptors (Lipinski definition) is 4. The number of alkyl halides is 3. The number of carboxylic acids is 1. The lowest BCUT2D eigenvalue weighted by atomic mass is 9.98. The molecule has 2 atom stereocenters. The first-order chi connectivity index (χ1) is 16.1. The number of rotatable bonds is 9. The molecule has 0 fully saturated rings. The average molecular weight is 478 g/mol. The average Bonchev–Trinajstić information content (AvgIpc) is 3.10. The van der Waals surface area contributed by atoms with Crippen LogP contribution in [0.5, 0.6) is 0 Å². The second kappa shape index (κ2) is 10.6. The molecule has 34 heavy (non-hydrogen) atoms. The van der Waals surface area contributed by atoms with E-state index in [0.717, 1.165) is 22.3 Å². The lowest BCUT2D eigenvalue weighted by Crippen LogP contribution is -2.50. The van der Waals surface area contributed by atoms with Gasteiger partial charge in [0, 0.05) is 5.92 Å². The van der Waals surface area contributed by atoms with E-state index in [1.54, 1.807) is 12.2 Å². The number of fused-ring (bicyclic) bond motifs is 3. The maximum absolute atomic E-state index is 13.5. The van der Waals surface area contributed by atoms with Gasteiger partial charge in [0.25, 0.3) is 0 Å². The molecule has 10 heteroatoms. The Kier molecular flexibility index (Phi) is 7.80. The number of ether oxygens (including phenoxy) is 1. The lowest BCUT2D eigenvalue weighted by Gasteiger charge is -2.23. The Labute approximate surface area is 194 Å². The van der Waals surface area contributed by atoms with Crippen LogP contribution in [0.4, 0.5) is 18.0 Å². The number of carboxylic acid groups (broad SMARTS) is 1. The van der Waals surface area contributed by atoms with Crippen LogP contribution in [0.2, 0.25) is 0 Å². The van der Waals surface area contributed by atoms with E-state index in [1.165, 1.54) is 0 Å². The molecule has 7 nitrogen and oxygen atoms in total. The third-order valence-electron chi connectivity index (χ3n) is 5.63. The summed E-state index contributed by atoms with van der Waals surface area (Å²) >= 11 is 0. The van der Waals surface area contributed by atoms with Crippen molar-refractivity contribution in [1.29, 1.82) is 0 Å². The molecular formula is C24H25F3N2O5. The van der Waals surface area contributed by atoms with Crippen molar-refractivity contribution in [2.24, 2.45) is 0 Å². The number of halogens is 3. The van der Waals surface area contributed by atoms with Gasteiger partial charge in [0.05, 0.1) is 6.42 Å². The molecule has 1 aliphatic carbocycles. The monoisotopic (exact) mass is 478 g/mol. The predicted molar refractivity (Wildman–Crippen MR) is 117 cm³/mol. The van der Waals surface area contributed by atoms with Gasteiger partial charge in [-0.1, -0.05) is 61.9 Å². The minimum absolute atomic E-state index is 0.0670. The topological polar surface area (TPSA) is 105 Å². The van der Waals surface area contributed by atoms with Crippen LogP contribution >= 0.6 is 0 Å². The Morgan fingerprint density at radius 2 is 1.56 bits per heavy atom. The third kappa shape index (κ3) is 5.86. The standard InChI is InChI=1S/C24H25F3N2O5/c1-2-7-19(22(31)32)28-21(30)12-20(24(25,26)27)29-23(33)34-13-18-16-10-5-3-8-14(16)15-9-4-6-11-17(15)18/h3-6,8-11,18-20H,2,7,12-13H2,1H3,(H,28,30)(H,29,33)(H,31,32)/t19-,20?/m0/s1. The number of alkyl carbamates (subject to hydrolysis) is 1. The van der Waals surface area contributed by atoms with Gasteiger partial charge in [-0.25, -0.2) is 9.59 Å². The second-order valence-electron chi connectivity index (χ2n) is 8.02. The zero-order valence-corrected chi connectivity index (χ0v) is 18.4. The maximum atomic E-state index is 13.5. The highest BCUT2D eigenvalue weighted by atomic mass is 19.4. The molecule has 0 aromatic heterocycles. The van der Waals surface area contributed by atoms with Gasteiger partial charge in [-0.3, -0.25) is 4.79 Å². The molecular weight excluding hydrogens is 453 g/mol. The fourth-order valence-corrected chi connectivity index (χ4v) is 4.02. The number of hydrogen-bond donors (Lipinski definition) is 3. The summed E-state index contributed by atoms with van der Waals surface area (Å²) in [5.41, 5.74) is 3.74. The maximum Gasteiger partial charge on any atom is 0.409 e. The van der Waals surface area contributed by atoms with Gasteiger partial charge in [-0.15, -0.1) is 0 Å². The van der Waals surface area contributed by atoms with Crippen LogP contribution < -0.4 is 10.6 Å². The Bertz CT molecular complexity index is 1010. The summed E-state index contributed by atoms with van der Waals surface area (Å²) in [6.07, 6.45) is -6.94. The van der Waals surface area contributed by atoms with Crippen LogP contribution in [-0.2, 0) is 14.3 Å². The van der Waals surface area contributed by atoms with Gasteiger partial charge in [-0.2, -0.15) is 13.2 Å². The first kappa shape index (κ1) is 25.1. The van der Waals surface area contributed by atoms with E-state index in [2.05, 4.69) is 5.32 Å². The van der Waals surface area contributed by atoms with Crippen LogP contribution in [0.3, 0.4) is 0 Å². The van der Waals surface area contributed by atoms with E-state index in [-0.39, 0.29) is 18.9 Å². The molecule has 0 saturated carbocycles. The van der Waals surface area contributed by atoms with Crippen molar-refractivity contribution in [3.05, 3.63) is 59.7 Å². The van der Waals surface area contributed by atoms with Gasteiger partial charge < -0.3 is 20.5 Å². The van der Waals surface area contributed by atoms with E-state index in [0.29, 0.717) is 6.42 Å². The fraction of sp³-hybridized carbons (Fsp3) is 0.375. The number of carbonyl (C=O) groups excluding carboxylic acids is 2. The molecule has 0 saturated heterocycles. The molecule has 1 aliphatic rings. The number of carbonyl (C=O) groups is 3. The molecule has 182 valence electrons. The summed E-state index contributed by atoms with van der Waals surface area (Å²) in [7, 11) is 0. The molecule has 3 rings (SSSR count). The molecule has 0 spiro atoms. The summed E-state index contributed by atoms with van der Waals surface area (Å²) in [4.78, 5) is 35.4. The quantitative estimate of drug-likeness (QED) is 0.501. The van der Waals surface area contributed by atoms with Crippen molar-refractivity contribution < 1.29 is 37.4 Å². The molecule has 0 radical (unpaired) electrons. The molecule has 2 amide bonds. The summed E-state index contributed by atoms with van der Waals surface area (Å²) in [6, 6.07) is 11.2. The first-order valence-electron chi connectivity index (χ1n) is 10.8. The lowest BCUT2D eigenvalue weighted by molar-refractivity contribution is -0.161. The summed E-state index contributed by atoms with van der Waals surface area (Å²) < 4.78 is 45.5. The third-order valence-corrected chi connectivity index (χ3v) is 5.63. The molecule has 0 aliphatic heterocycles. The largest absolute Gasteiger partial charge is 0.480 e. The Morgan fingerprint density at radius 1 is 1.00 bits per heavy atom. The van der Waals surface area contributed by atoms with Crippen molar-refractivity contribution in [3.8, 4) is 11.1 Å². The highest BCUT2D eigenvalue weighted by molar-refractivity contribution is 5.84. The summed E-state index contributed by atoms with van der Waals surface area (Å²) in [6.45, 7) is 1.49. The Hall–Kier alpha value is -3.56. The smallest absolute Gasteiger partial charge is 0.409 e. The van der Waals surface area contributed by atoms with Crippen LogP contribution in [0, 0.1) is 0 Å². The van der Waals surface area contributed by atoms with Gasteiger partial charge in [0.2, 0.25) is 5.91 Å². The van der Waals surface area contributed by atoms with E-state index < -0.39 is 42.7 Å². The van der Waals surface area contributed by atoms with Crippen molar-refractivity contribution in [3.63, 3.8) is 0 Å². The zero-order valence-electron chi connectivity index (χ0n) is 18.4. The molecule has 2 aromatic rings. The fourth-order valence-electron chi connectivity index (χ4n) is 4.02. The SMILES string of the molecule is CCC[C@H](NC(=O)CC(NC(=O)OCC1c2ccccc2-c2ccccc21)C(F)(F)F)C(=O)O. The number of benzene rings is 2. The van der Waals surface area contributed by atoms with Gasteiger partial charge >= 0.3 is 18.2 Å². The molecule has 1 unspecified atom stereocenters. The normalized spacial score (nSPS) is 14.5. The first-order valence-corrected chi connectivity index (χ1v) is 10.8. The Balaban J connectivity index is 1.64. The van der Waals surface area contributed by atoms with Crippen LogP contribution in [0.25, 0.3) is 11.1 Å². The summed E-state index contributed by atoms with van der Waals surface area (Å²) in [5, 5.41) is 12.8. The number of amides is 2. The van der Waals surface area contributed by atoms with Crippen LogP contribution in [-0.4, -0.2) is 47.9 Å². The molecule has 2 aromatic carbocycles. The van der Waals surface area contributed by atoms with E-state index in [9.17, 15) is 27.6 Å². The van der Waals surface area contributed by atoms with Crippen molar-refractivity contribution in [2.45, 2.75) is 50.4 Å². The van der Waals surface area contributed by atoms with Crippen molar-refractivity contribution >= 4 is 18.0 Å². The minimum Gasteiger partial charge on any atom is -0.480 e. The van der Waals surface area contributed by atoms with Crippen molar-refractivity contribution in [2.75, 3.05) is 6.61 Å². The van der Waals surface area contributed by atoms with E-state index in [1.807, 2.05) is 48.5 Å². The Morgan fingerprint density at radius 3 is 2.06 bits per heavy atom. The second-order valence-corrected chi connectivity index (χ2v) is 8.02. The van der Waals surface area contributed by atoms with Gasteiger partial charge in [0.1, 0.15) is 18.7 Å². The van der Waals surface area contributed by atoms with E-state index >= 15 is 0 Å². The van der Waals surface area contributed by atoms with Crippen LogP contribution in [0.15, 0.2) is 48.5 Å². The number of nitrogens with one attached hydrogen (secondary N) is 2. The van der Waals surface area contributed by atoms with Crippen molar-refractivity contribution in [1.82, 2.24) is 10.6 Å². The van der Waals surface area contributed by atoms with Crippen LogP contribution in [0.1, 0.15) is 43.2 Å². The highest BCUT2D eigenvalue weighted by Crippen LogP contribution is 2.44. The van der Waals surface area contributed by atoms with Gasteiger partial charge in [0.15, 0.2) is 0 Å². The number of aliphatic carboxylic acids is 1. The summed E-state index contributed by atoms with van der Waals surface area (Å²) in [5.74, 6) is -2.82. The molecule has 3 N–H and O–H groups in total.